The Morgan fingerprint density at radius 1 is 1.33 bits per heavy atom. The minimum Gasteiger partial charge on any atom is -0.389 e. The molecule has 1 rings (SSSR count). The van der Waals surface area contributed by atoms with Gasteiger partial charge in [-0.3, -0.25) is 10.1 Å². The Balaban J connectivity index is 3.22. The molecule has 6 heteroatoms. The van der Waals surface area contributed by atoms with Crippen molar-refractivity contribution in [2.24, 2.45) is 0 Å². The lowest BCUT2D eigenvalue weighted by Crippen LogP contribution is -2.40. The number of hydrogen-bond donors (Lipinski definition) is 1. The van der Waals surface area contributed by atoms with E-state index in [4.69, 9.17) is 0 Å². The molecule has 0 heterocycles. The molecule has 0 aliphatic carbocycles. The van der Waals surface area contributed by atoms with Gasteiger partial charge < -0.3 is 14.9 Å². The Morgan fingerprint density at radius 2 is 1.95 bits per heavy atom. The number of benzene rings is 1. The van der Waals surface area contributed by atoms with Gasteiger partial charge >= 0.3 is 0 Å². The second-order valence-electron chi connectivity index (χ2n) is 5.58. The van der Waals surface area contributed by atoms with Gasteiger partial charge in [-0.2, -0.15) is 0 Å². The highest BCUT2D eigenvalue weighted by Crippen LogP contribution is 2.32. The molecule has 1 aromatic carbocycles. The standard InChI is InChI=1S/C15H25N3O3/c1-6-17(11(2)10-16(4)5)14-8-7-13(12(3)19)9-15(14)18(20)21/h7-9,11-12,19H,6,10H2,1-5H3/t11?,12-/m1/s1. The molecule has 21 heavy (non-hydrogen) atoms. The predicted octanol–water partition coefficient (Wildman–Crippen LogP) is 2.42. The molecule has 0 aromatic heterocycles. The van der Waals surface area contributed by atoms with Gasteiger partial charge in [0.05, 0.1) is 11.0 Å². The Kier molecular flexibility index (Phi) is 6.11. The fourth-order valence-corrected chi connectivity index (χ4v) is 2.54. The molecule has 0 aliphatic heterocycles. The summed E-state index contributed by atoms with van der Waals surface area (Å²) in [5, 5.41) is 21.0. The van der Waals surface area contributed by atoms with Crippen LogP contribution in [0.4, 0.5) is 11.4 Å². The highest BCUT2D eigenvalue weighted by Gasteiger charge is 2.23. The van der Waals surface area contributed by atoms with E-state index in [1.54, 1.807) is 19.1 Å². The summed E-state index contributed by atoms with van der Waals surface area (Å²) in [5.74, 6) is 0. The van der Waals surface area contributed by atoms with Crippen molar-refractivity contribution in [3.8, 4) is 0 Å². The quantitative estimate of drug-likeness (QED) is 0.618. The number of hydrogen-bond acceptors (Lipinski definition) is 5. The van der Waals surface area contributed by atoms with Crippen molar-refractivity contribution >= 4 is 11.4 Å². The summed E-state index contributed by atoms with van der Waals surface area (Å²) in [4.78, 5) is 15.0. The fraction of sp³-hybridized carbons (Fsp3) is 0.600. The average molecular weight is 295 g/mol. The number of nitro benzene ring substituents is 1. The molecule has 0 aliphatic rings. The summed E-state index contributed by atoms with van der Waals surface area (Å²) in [7, 11) is 3.96. The van der Waals surface area contributed by atoms with Crippen molar-refractivity contribution in [3.05, 3.63) is 33.9 Å². The highest BCUT2D eigenvalue weighted by molar-refractivity contribution is 5.65. The maximum absolute atomic E-state index is 11.3. The number of rotatable bonds is 7. The van der Waals surface area contributed by atoms with E-state index >= 15 is 0 Å². The number of aliphatic hydroxyl groups is 1. The van der Waals surface area contributed by atoms with Crippen LogP contribution in [0.1, 0.15) is 32.4 Å². The number of nitrogens with zero attached hydrogens (tertiary/aromatic N) is 3. The molecule has 0 spiro atoms. The lowest BCUT2D eigenvalue weighted by Gasteiger charge is -2.31. The molecule has 2 atom stereocenters. The smallest absolute Gasteiger partial charge is 0.292 e. The van der Waals surface area contributed by atoms with E-state index in [1.165, 1.54) is 6.07 Å². The van der Waals surface area contributed by atoms with Gasteiger partial charge in [0, 0.05) is 25.2 Å². The molecule has 0 radical (unpaired) electrons. The first-order valence-electron chi connectivity index (χ1n) is 7.15. The molecule has 0 saturated heterocycles. The molecule has 0 bridgehead atoms. The largest absolute Gasteiger partial charge is 0.389 e. The van der Waals surface area contributed by atoms with Crippen LogP contribution in [-0.4, -0.2) is 48.2 Å². The zero-order chi connectivity index (χ0) is 16.2. The average Bonchev–Trinajstić information content (AvgIpc) is 2.38. The maximum Gasteiger partial charge on any atom is 0.292 e. The SMILES string of the molecule is CCN(c1ccc([C@@H](C)O)cc1[N+](=O)[O-])C(C)CN(C)C. The predicted molar refractivity (Wildman–Crippen MR) is 84.8 cm³/mol. The first kappa shape index (κ1) is 17.4. The maximum atomic E-state index is 11.3. The van der Waals surface area contributed by atoms with Gasteiger partial charge in [-0.1, -0.05) is 6.07 Å². The van der Waals surface area contributed by atoms with E-state index in [0.29, 0.717) is 17.8 Å². The summed E-state index contributed by atoms with van der Waals surface area (Å²) in [6.07, 6.45) is -0.716. The third-order valence-corrected chi connectivity index (χ3v) is 3.49. The zero-order valence-electron chi connectivity index (χ0n) is 13.4. The van der Waals surface area contributed by atoms with Crippen molar-refractivity contribution in [2.75, 3.05) is 32.1 Å². The van der Waals surface area contributed by atoms with E-state index in [0.717, 1.165) is 6.54 Å². The van der Waals surface area contributed by atoms with Crippen LogP contribution in [-0.2, 0) is 0 Å². The van der Waals surface area contributed by atoms with Gasteiger partial charge in [0.1, 0.15) is 5.69 Å². The van der Waals surface area contributed by atoms with Crippen LogP contribution in [0.25, 0.3) is 0 Å². The minimum absolute atomic E-state index is 0.0425. The van der Waals surface area contributed by atoms with E-state index in [2.05, 4.69) is 11.8 Å². The second kappa shape index (κ2) is 7.38. The molecular weight excluding hydrogens is 270 g/mol. The van der Waals surface area contributed by atoms with E-state index in [-0.39, 0.29) is 16.7 Å². The first-order chi connectivity index (χ1) is 9.77. The number of nitro groups is 1. The molecular formula is C15H25N3O3. The van der Waals surface area contributed by atoms with E-state index in [1.807, 2.05) is 25.9 Å². The topological polar surface area (TPSA) is 69.8 Å². The van der Waals surface area contributed by atoms with Crippen LogP contribution in [0.2, 0.25) is 0 Å². The minimum atomic E-state index is -0.716. The zero-order valence-corrected chi connectivity index (χ0v) is 13.4. The highest BCUT2D eigenvalue weighted by atomic mass is 16.6. The van der Waals surface area contributed by atoms with E-state index in [9.17, 15) is 15.2 Å². The Hall–Kier alpha value is -1.66. The van der Waals surface area contributed by atoms with Gasteiger partial charge in [-0.05, 0) is 46.5 Å². The van der Waals surface area contributed by atoms with Gasteiger partial charge in [-0.15, -0.1) is 0 Å². The van der Waals surface area contributed by atoms with Crippen molar-refractivity contribution < 1.29 is 10.0 Å². The van der Waals surface area contributed by atoms with Crippen LogP contribution >= 0.6 is 0 Å². The molecule has 0 fully saturated rings. The lowest BCUT2D eigenvalue weighted by atomic mass is 10.1. The van der Waals surface area contributed by atoms with Crippen LogP contribution in [0.3, 0.4) is 0 Å². The fourth-order valence-electron chi connectivity index (χ4n) is 2.54. The van der Waals surface area contributed by atoms with Crippen LogP contribution in [0.15, 0.2) is 18.2 Å². The van der Waals surface area contributed by atoms with Crippen molar-refractivity contribution in [3.63, 3.8) is 0 Å². The number of anilines is 1. The lowest BCUT2D eigenvalue weighted by molar-refractivity contribution is -0.384. The summed E-state index contributed by atoms with van der Waals surface area (Å²) < 4.78 is 0. The number of aliphatic hydroxyl groups excluding tert-OH is 1. The summed E-state index contributed by atoms with van der Waals surface area (Å²) in [6, 6.07) is 5.10. The molecule has 1 unspecified atom stereocenters. The second-order valence-corrected chi connectivity index (χ2v) is 5.58. The summed E-state index contributed by atoms with van der Waals surface area (Å²) in [6.45, 7) is 7.13. The van der Waals surface area contributed by atoms with Crippen molar-refractivity contribution in [2.45, 2.75) is 32.9 Å². The number of likely N-dealkylation sites (N-methyl/N-ethyl adjacent to an activating group) is 2. The molecule has 1 N–H and O–H groups in total. The molecule has 118 valence electrons. The molecule has 0 amide bonds. The van der Waals surface area contributed by atoms with Crippen molar-refractivity contribution in [1.82, 2.24) is 4.90 Å². The monoisotopic (exact) mass is 295 g/mol. The molecule has 6 nitrogen and oxygen atoms in total. The van der Waals surface area contributed by atoms with E-state index < -0.39 is 6.10 Å². The third kappa shape index (κ3) is 4.41. The van der Waals surface area contributed by atoms with Crippen molar-refractivity contribution in [1.29, 1.82) is 0 Å². The normalized spacial score (nSPS) is 14.0. The van der Waals surface area contributed by atoms with Gasteiger partial charge in [-0.25, -0.2) is 0 Å². The Bertz CT molecular complexity index is 489. The van der Waals surface area contributed by atoms with Crippen LogP contribution in [0.5, 0.6) is 0 Å². The van der Waals surface area contributed by atoms with Crippen LogP contribution in [0, 0.1) is 10.1 Å². The molecule has 0 saturated carbocycles. The summed E-state index contributed by atoms with van der Waals surface area (Å²) in [5.41, 5.74) is 1.20. The van der Waals surface area contributed by atoms with Gasteiger partial charge in [0.15, 0.2) is 0 Å². The van der Waals surface area contributed by atoms with Gasteiger partial charge in [0.25, 0.3) is 5.69 Å². The van der Waals surface area contributed by atoms with Gasteiger partial charge in [0.2, 0.25) is 0 Å². The molecule has 1 aromatic rings. The Morgan fingerprint density at radius 3 is 2.38 bits per heavy atom. The third-order valence-electron chi connectivity index (χ3n) is 3.49. The van der Waals surface area contributed by atoms with Crippen LogP contribution < -0.4 is 4.90 Å². The first-order valence-corrected chi connectivity index (χ1v) is 7.15. The Labute approximate surface area is 126 Å². The summed E-state index contributed by atoms with van der Waals surface area (Å²) >= 11 is 0.